The van der Waals surface area contributed by atoms with Crippen LogP contribution in [0.3, 0.4) is 0 Å². The van der Waals surface area contributed by atoms with E-state index in [4.69, 9.17) is 0 Å². The van der Waals surface area contributed by atoms with Crippen LogP contribution in [-0.2, 0) is 0 Å². The summed E-state index contributed by atoms with van der Waals surface area (Å²) in [6.45, 7) is 0.882. The molecule has 1 heteroatoms. The van der Waals surface area contributed by atoms with Gasteiger partial charge in [0.1, 0.15) is 0 Å². The molecule has 0 aliphatic heterocycles. The third-order valence-electron chi connectivity index (χ3n) is 3.80. The van der Waals surface area contributed by atoms with E-state index >= 15 is 0 Å². The van der Waals surface area contributed by atoms with Gasteiger partial charge in [0.2, 0.25) is 0 Å². The molecule has 122 valence electrons. The number of para-hydroxylation sites is 1. The second kappa shape index (κ2) is 9.15. The molecule has 25 heavy (non-hydrogen) atoms. The van der Waals surface area contributed by atoms with Crippen LogP contribution in [0.4, 0.5) is 5.69 Å². The van der Waals surface area contributed by atoms with Crippen LogP contribution in [0.1, 0.15) is 17.5 Å². The zero-order valence-corrected chi connectivity index (χ0v) is 14.2. The van der Waals surface area contributed by atoms with E-state index in [2.05, 4.69) is 59.6 Å². The van der Waals surface area contributed by atoms with Crippen LogP contribution in [0.2, 0.25) is 0 Å². The van der Waals surface area contributed by atoms with Crippen molar-refractivity contribution >= 4 is 11.3 Å². The van der Waals surface area contributed by atoms with Gasteiger partial charge in [-0.2, -0.15) is 0 Å². The molecule has 0 heterocycles. The first-order chi connectivity index (χ1) is 12.4. The Labute approximate surface area is 150 Å². The van der Waals surface area contributed by atoms with Gasteiger partial charge < -0.3 is 5.32 Å². The second-order valence-electron chi connectivity index (χ2n) is 5.68. The lowest BCUT2D eigenvalue weighted by atomic mass is 10.0. The van der Waals surface area contributed by atoms with Crippen molar-refractivity contribution in [1.29, 1.82) is 0 Å². The van der Waals surface area contributed by atoms with Crippen molar-refractivity contribution in [2.24, 2.45) is 0 Å². The predicted molar refractivity (Wildman–Crippen MR) is 107 cm³/mol. The minimum atomic E-state index is 0.882. The SMILES string of the molecule is C(#Cc1ccccc1)/C(=C\CCNc1ccccc1)c1ccccc1. The molecule has 1 N–H and O–H groups in total. The Hall–Kier alpha value is -3.24. The lowest BCUT2D eigenvalue weighted by Gasteiger charge is -2.05. The zero-order chi connectivity index (χ0) is 17.2. The van der Waals surface area contributed by atoms with Crippen molar-refractivity contribution in [2.75, 3.05) is 11.9 Å². The molecule has 0 amide bonds. The standard InChI is InChI=1S/C24H21N/c1-4-11-21(12-5-1)18-19-23(22-13-6-2-7-14-22)15-10-20-25-24-16-8-3-9-17-24/h1-9,11-17,25H,10,20H2/b23-15+. The van der Waals surface area contributed by atoms with E-state index in [1.165, 1.54) is 0 Å². The number of benzene rings is 3. The largest absolute Gasteiger partial charge is 0.385 e. The minimum absolute atomic E-state index is 0.882. The first-order valence-electron chi connectivity index (χ1n) is 8.53. The van der Waals surface area contributed by atoms with Crippen LogP contribution in [0.5, 0.6) is 0 Å². The Bertz CT molecular complexity index is 853. The maximum absolute atomic E-state index is 3.43. The van der Waals surface area contributed by atoms with E-state index in [9.17, 15) is 0 Å². The van der Waals surface area contributed by atoms with Gasteiger partial charge in [0.05, 0.1) is 0 Å². The van der Waals surface area contributed by atoms with E-state index in [0.29, 0.717) is 0 Å². The van der Waals surface area contributed by atoms with E-state index in [0.717, 1.165) is 35.4 Å². The Morgan fingerprint density at radius 2 is 1.36 bits per heavy atom. The molecular formula is C24H21N. The third kappa shape index (κ3) is 5.41. The van der Waals surface area contributed by atoms with Gasteiger partial charge in [-0.3, -0.25) is 0 Å². The third-order valence-corrected chi connectivity index (χ3v) is 3.80. The van der Waals surface area contributed by atoms with Crippen molar-refractivity contribution in [3.8, 4) is 11.8 Å². The molecule has 3 aromatic rings. The van der Waals surface area contributed by atoms with Crippen LogP contribution >= 0.6 is 0 Å². The van der Waals surface area contributed by atoms with Crippen LogP contribution in [-0.4, -0.2) is 6.54 Å². The van der Waals surface area contributed by atoms with Gasteiger partial charge in [0.25, 0.3) is 0 Å². The van der Waals surface area contributed by atoms with E-state index in [1.807, 2.05) is 54.6 Å². The van der Waals surface area contributed by atoms with Crippen LogP contribution in [0.15, 0.2) is 97.1 Å². The van der Waals surface area contributed by atoms with Crippen LogP contribution in [0.25, 0.3) is 5.57 Å². The highest BCUT2D eigenvalue weighted by molar-refractivity contribution is 5.79. The molecule has 0 aliphatic carbocycles. The molecule has 1 nitrogen and oxygen atoms in total. The number of rotatable bonds is 5. The first kappa shape index (κ1) is 16.6. The summed E-state index contributed by atoms with van der Waals surface area (Å²) in [5, 5.41) is 3.43. The van der Waals surface area contributed by atoms with E-state index in [1.54, 1.807) is 0 Å². The Morgan fingerprint density at radius 1 is 0.760 bits per heavy atom. The summed E-state index contributed by atoms with van der Waals surface area (Å²) >= 11 is 0. The summed E-state index contributed by atoms with van der Waals surface area (Å²) in [5.74, 6) is 6.60. The lowest BCUT2D eigenvalue weighted by Crippen LogP contribution is -1.99. The van der Waals surface area contributed by atoms with Gasteiger partial charge in [-0.25, -0.2) is 0 Å². The van der Waals surface area contributed by atoms with Crippen molar-refractivity contribution < 1.29 is 0 Å². The summed E-state index contributed by atoms with van der Waals surface area (Å²) in [5.41, 5.74) is 4.41. The fourth-order valence-corrected chi connectivity index (χ4v) is 2.51. The Balaban J connectivity index is 1.71. The summed E-state index contributed by atoms with van der Waals surface area (Å²) in [7, 11) is 0. The van der Waals surface area contributed by atoms with Crippen molar-refractivity contribution in [2.45, 2.75) is 6.42 Å². The van der Waals surface area contributed by atoms with Gasteiger partial charge in [0.15, 0.2) is 0 Å². The van der Waals surface area contributed by atoms with Gasteiger partial charge in [0, 0.05) is 23.4 Å². The van der Waals surface area contributed by atoms with E-state index < -0.39 is 0 Å². The highest BCUT2D eigenvalue weighted by atomic mass is 14.9. The van der Waals surface area contributed by atoms with Crippen LogP contribution in [0, 0.1) is 11.8 Å². The van der Waals surface area contributed by atoms with Crippen molar-refractivity contribution in [3.05, 3.63) is 108 Å². The zero-order valence-electron chi connectivity index (χ0n) is 14.2. The number of hydrogen-bond donors (Lipinski definition) is 1. The predicted octanol–water partition coefficient (Wildman–Crippen LogP) is 5.62. The maximum atomic E-state index is 3.43. The molecule has 3 aromatic carbocycles. The highest BCUT2D eigenvalue weighted by Gasteiger charge is 1.97. The van der Waals surface area contributed by atoms with E-state index in [-0.39, 0.29) is 0 Å². The van der Waals surface area contributed by atoms with Crippen molar-refractivity contribution in [1.82, 2.24) is 0 Å². The summed E-state index contributed by atoms with van der Waals surface area (Å²) in [6.07, 6.45) is 3.13. The van der Waals surface area contributed by atoms with Gasteiger partial charge in [-0.05, 0) is 36.2 Å². The molecule has 0 radical (unpaired) electrons. The number of nitrogens with one attached hydrogen (secondary N) is 1. The van der Waals surface area contributed by atoms with Gasteiger partial charge in [-0.15, -0.1) is 0 Å². The normalized spacial score (nSPS) is 10.6. The van der Waals surface area contributed by atoms with Gasteiger partial charge >= 0.3 is 0 Å². The smallest absolute Gasteiger partial charge is 0.0340 e. The molecule has 0 saturated carbocycles. The molecule has 0 atom stereocenters. The fourth-order valence-electron chi connectivity index (χ4n) is 2.51. The van der Waals surface area contributed by atoms with Gasteiger partial charge in [-0.1, -0.05) is 84.6 Å². The summed E-state index contributed by atoms with van der Waals surface area (Å²) in [6, 6.07) is 30.7. The summed E-state index contributed by atoms with van der Waals surface area (Å²) in [4.78, 5) is 0. The number of anilines is 1. The highest BCUT2D eigenvalue weighted by Crippen LogP contribution is 2.14. The average molecular weight is 323 g/mol. The number of hydrogen-bond acceptors (Lipinski definition) is 1. The topological polar surface area (TPSA) is 12.0 Å². The molecule has 0 spiro atoms. The molecular weight excluding hydrogens is 302 g/mol. The fraction of sp³-hybridized carbons (Fsp3) is 0.0833. The molecule has 0 aromatic heterocycles. The monoisotopic (exact) mass is 323 g/mol. The minimum Gasteiger partial charge on any atom is -0.385 e. The molecule has 3 rings (SSSR count). The lowest BCUT2D eigenvalue weighted by molar-refractivity contribution is 1.07. The second-order valence-corrected chi connectivity index (χ2v) is 5.68. The average Bonchev–Trinajstić information content (AvgIpc) is 2.70. The Morgan fingerprint density at radius 3 is 2.04 bits per heavy atom. The first-order valence-corrected chi connectivity index (χ1v) is 8.53. The van der Waals surface area contributed by atoms with Crippen LogP contribution < -0.4 is 5.32 Å². The molecule has 0 saturated heterocycles. The molecule has 0 fully saturated rings. The molecule has 0 aliphatic rings. The Kier molecular flexibility index (Phi) is 6.08. The quantitative estimate of drug-likeness (QED) is 0.474. The molecule has 0 unspecified atom stereocenters. The summed E-state index contributed by atoms with van der Waals surface area (Å²) < 4.78 is 0. The maximum Gasteiger partial charge on any atom is 0.0340 e. The number of allylic oxidation sites excluding steroid dienone is 1. The molecule has 0 bridgehead atoms. The van der Waals surface area contributed by atoms with Crippen molar-refractivity contribution in [3.63, 3.8) is 0 Å².